The Balaban J connectivity index is 1.68. The van der Waals surface area contributed by atoms with Crippen molar-refractivity contribution in [3.8, 4) is 0 Å². The Bertz CT molecular complexity index is 936. The van der Waals surface area contributed by atoms with E-state index in [0.717, 1.165) is 13.0 Å². The first-order valence-electron chi connectivity index (χ1n) is 9.57. The third-order valence-corrected chi connectivity index (χ3v) is 8.25. The first-order chi connectivity index (χ1) is 13.4. The summed E-state index contributed by atoms with van der Waals surface area (Å²) in [7, 11) is -3.55. The smallest absolute Gasteiger partial charge is 0.243 e. The zero-order chi connectivity index (χ0) is 20.3. The van der Waals surface area contributed by atoms with E-state index in [1.165, 1.54) is 20.8 Å². The molecule has 1 N–H and O–H groups in total. The molecule has 1 amide bonds. The van der Waals surface area contributed by atoms with E-state index >= 15 is 0 Å². The second-order valence-corrected chi connectivity index (χ2v) is 9.80. The first kappa shape index (κ1) is 21.0. The maximum atomic E-state index is 12.7. The van der Waals surface area contributed by atoms with Crippen LogP contribution in [-0.2, 0) is 21.2 Å². The molecular weight excluding hydrogens is 394 g/mol. The lowest BCUT2D eigenvalue weighted by atomic mass is 10.0. The van der Waals surface area contributed by atoms with Gasteiger partial charge in [-0.25, -0.2) is 8.42 Å². The van der Waals surface area contributed by atoms with E-state index in [0.29, 0.717) is 18.8 Å². The summed E-state index contributed by atoms with van der Waals surface area (Å²) in [6.07, 6.45) is 0.961. The Labute approximate surface area is 171 Å². The lowest BCUT2D eigenvalue weighted by molar-refractivity contribution is -0.117. The highest BCUT2D eigenvalue weighted by Crippen LogP contribution is 2.32. The summed E-state index contributed by atoms with van der Waals surface area (Å²) in [5.41, 5.74) is 1.80. The highest BCUT2D eigenvalue weighted by Gasteiger charge is 2.26. The molecule has 2 aromatic rings. The second-order valence-electron chi connectivity index (χ2n) is 6.86. The van der Waals surface area contributed by atoms with Crippen LogP contribution < -0.4 is 5.32 Å². The molecule has 0 spiro atoms. The van der Waals surface area contributed by atoms with Crippen LogP contribution in [0.3, 0.4) is 0 Å². The summed E-state index contributed by atoms with van der Waals surface area (Å²) in [6, 6.07) is 8.81. The summed E-state index contributed by atoms with van der Waals surface area (Å²) >= 11 is 1.77. The Morgan fingerprint density at radius 1 is 1.29 bits per heavy atom. The van der Waals surface area contributed by atoms with Crippen molar-refractivity contribution >= 4 is 33.0 Å². The van der Waals surface area contributed by atoms with Crippen LogP contribution in [0, 0.1) is 0 Å². The van der Waals surface area contributed by atoms with Crippen LogP contribution in [0.15, 0.2) is 40.6 Å². The molecule has 1 aromatic heterocycles. The van der Waals surface area contributed by atoms with E-state index in [4.69, 9.17) is 0 Å². The van der Waals surface area contributed by atoms with Crippen molar-refractivity contribution in [2.75, 3.05) is 31.5 Å². The van der Waals surface area contributed by atoms with Crippen LogP contribution in [0.4, 0.5) is 5.69 Å². The number of carbonyl (C=O) groups is 1. The third-order valence-electron chi connectivity index (χ3n) is 5.21. The SMILES string of the molecule is CCN(CC)S(=O)(=O)c1cccc(NC(=O)CN2CCc3sccc3[C@@H]2C)c1. The molecule has 0 saturated heterocycles. The molecule has 1 aromatic carbocycles. The minimum absolute atomic E-state index is 0.136. The van der Waals surface area contributed by atoms with E-state index < -0.39 is 10.0 Å². The number of thiophene rings is 1. The van der Waals surface area contributed by atoms with Gasteiger partial charge in [0.25, 0.3) is 0 Å². The van der Waals surface area contributed by atoms with Gasteiger partial charge in [0.05, 0.1) is 11.4 Å². The third kappa shape index (κ3) is 4.30. The Morgan fingerprint density at radius 2 is 2.04 bits per heavy atom. The Kier molecular flexibility index (Phi) is 6.54. The van der Waals surface area contributed by atoms with Crippen molar-refractivity contribution in [1.29, 1.82) is 0 Å². The first-order valence-corrected chi connectivity index (χ1v) is 11.9. The number of sulfonamides is 1. The molecule has 1 aliphatic heterocycles. The number of amides is 1. The van der Waals surface area contributed by atoms with Gasteiger partial charge in [-0.2, -0.15) is 4.31 Å². The number of hydrogen-bond acceptors (Lipinski definition) is 5. The topological polar surface area (TPSA) is 69.7 Å². The van der Waals surface area contributed by atoms with Gasteiger partial charge in [0.15, 0.2) is 0 Å². The summed E-state index contributed by atoms with van der Waals surface area (Å²) in [6.45, 7) is 7.69. The second kappa shape index (κ2) is 8.73. The molecular formula is C20H27N3O3S2. The predicted molar refractivity (Wildman–Crippen MR) is 113 cm³/mol. The van der Waals surface area contributed by atoms with Crippen molar-refractivity contribution in [2.45, 2.75) is 38.1 Å². The van der Waals surface area contributed by atoms with Gasteiger partial charge in [0.1, 0.15) is 0 Å². The maximum Gasteiger partial charge on any atom is 0.243 e. The van der Waals surface area contributed by atoms with Crippen molar-refractivity contribution in [1.82, 2.24) is 9.21 Å². The van der Waals surface area contributed by atoms with Crippen LogP contribution in [0.2, 0.25) is 0 Å². The average molecular weight is 422 g/mol. The molecule has 8 heteroatoms. The highest BCUT2D eigenvalue weighted by molar-refractivity contribution is 7.89. The summed E-state index contributed by atoms with van der Waals surface area (Å²) < 4.78 is 26.8. The highest BCUT2D eigenvalue weighted by atomic mass is 32.2. The largest absolute Gasteiger partial charge is 0.325 e. The average Bonchev–Trinajstić information content (AvgIpc) is 3.14. The van der Waals surface area contributed by atoms with Gasteiger partial charge >= 0.3 is 0 Å². The van der Waals surface area contributed by atoms with E-state index in [1.54, 1.807) is 29.5 Å². The molecule has 2 heterocycles. The van der Waals surface area contributed by atoms with Crippen molar-refractivity contribution in [2.24, 2.45) is 0 Å². The fourth-order valence-electron chi connectivity index (χ4n) is 3.61. The molecule has 6 nitrogen and oxygen atoms in total. The molecule has 152 valence electrons. The number of carbonyl (C=O) groups excluding carboxylic acids is 1. The lowest BCUT2D eigenvalue weighted by Gasteiger charge is -2.32. The zero-order valence-electron chi connectivity index (χ0n) is 16.5. The number of anilines is 1. The Hall–Kier alpha value is -1.74. The number of fused-ring (bicyclic) bond motifs is 1. The number of hydrogen-bond donors (Lipinski definition) is 1. The van der Waals surface area contributed by atoms with E-state index in [9.17, 15) is 13.2 Å². The van der Waals surface area contributed by atoms with E-state index in [1.807, 2.05) is 13.8 Å². The minimum Gasteiger partial charge on any atom is -0.325 e. The van der Waals surface area contributed by atoms with Crippen LogP contribution >= 0.6 is 11.3 Å². The van der Waals surface area contributed by atoms with Crippen LogP contribution in [0.25, 0.3) is 0 Å². The minimum atomic E-state index is -3.55. The quantitative estimate of drug-likeness (QED) is 0.744. The lowest BCUT2D eigenvalue weighted by Crippen LogP contribution is -2.39. The molecule has 0 unspecified atom stereocenters. The molecule has 0 bridgehead atoms. The van der Waals surface area contributed by atoms with Crippen LogP contribution in [0.1, 0.15) is 37.3 Å². The number of benzene rings is 1. The molecule has 0 radical (unpaired) electrons. The predicted octanol–water partition coefficient (Wildman–Crippen LogP) is 3.34. The zero-order valence-corrected chi connectivity index (χ0v) is 18.1. The number of rotatable bonds is 7. The fourth-order valence-corrected chi connectivity index (χ4v) is 6.08. The van der Waals surface area contributed by atoms with Gasteiger partial charge in [-0.3, -0.25) is 9.69 Å². The summed E-state index contributed by atoms with van der Waals surface area (Å²) in [5, 5.41) is 4.96. The van der Waals surface area contributed by atoms with Gasteiger partial charge < -0.3 is 5.32 Å². The van der Waals surface area contributed by atoms with Gasteiger partial charge in [0.2, 0.25) is 15.9 Å². The summed E-state index contributed by atoms with van der Waals surface area (Å²) in [5.74, 6) is -0.136. The Morgan fingerprint density at radius 3 is 2.75 bits per heavy atom. The molecule has 3 rings (SSSR count). The van der Waals surface area contributed by atoms with Crippen molar-refractivity contribution in [3.63, 3.8) is 0 Å². The van der Waals surface area contributed by atoms with Gasteiger partial charge in [-0.05, 0) is 48.6 Å². The molecule has 1 atom stereocenters. The maximum absolute atomic E-state index is 12.7. The van der Waals surface area contributed by atoms with E-state index in [2.05, 4.69) is 28.6 Å². The van der Waals surface area contributed by atoms with Crippen LogP contribution in [0.5, 0.6) is 0 Å². The molecule has 1 aliphatic rings. The van der Waals surface area contributed by atoms with Crippen molar-refractivity contribution in [3.05, 3.63) is 46.2 Å². The normalized spacial score (nSPS) is 17.5. The van der Waals surface area contributed by atoms with Gasteiger partial charge in [-0.15, -0.1) is 11.3 Å². The van der Waals surface area contributed by atoms with Gasteiger partial charge in [0, 0.05) is 36.2 Å². The van der Waals surface area contributed by atoms with E-state index in [-0.39, 0.29) is 23.4 Å². The molecule has 28 heavy (non-hydrogen) atoms. The summed E-state index contributed by atoms with van der Waals surface area (Å²) in [4.78, 5) is 16.3. The number of nitrogens with zero attached hydrogens (tertiary/aromatic N) is 2. The molecule has 0 saturated carbocycles. The fraction of sp³-hybridized carbons (Fsp3) is 0.450. The standard InChI is InChI=1S/C20H27N3O3S2/c1-4-23(5-2)28(25,26)17-8-6-7-16(13-17)21-20(24)14-22-11-9-19-18(15(22)3)10-12-27-19/h6-8,10,12-13,15H,4-5,9,11,14H2,1-3H3,(H,21,24)/t15-/m0/s1. The number of nitrogens with one attached hydrogen (secondary N) is 1. The molecule has 0 aliphatic carbocycles. The van der Waals surface area contributed by atoms with Crippen molar-refractivity contribution < 1.29 is 13.2 Å². The molecule has 0 fully saturated rings. The monoisotopic (exact) mass is 421 g/mol. The van der Waals surface area contributed by atoms with Gasteiger partial charge in [-0.1, -0.05) is 19.9 Å². The van der Waals surface area contributed by atoms with Crippen LogP contribution in [-0.4, -0.2) is 49.7 Å².